The Bertz CT molecular complexity index is 1150. The predicted molar refractivity (Wildman–Crippen MR) is 126 cm³/mol. The Hall–Kier alpha value is -3.65. The molecule has 3 aromatic carbocycles. The number of carbonyl (C=O) groups is 1. The van der Waals surface area contributed by atoms with E-state index in [1.807, 2.05) is 54.6 Å². The van der Waals surface area contributed by atoms with Gasteiger partial charge in [0.1, 0.15) is 18.4 Å². The van der Waals surface area contributed by atoms with E-state index in [-0.39, 0.29) is 0 Å². The van der Waals surface area contributed by atoms with Crippen molar-refractivity contribution in [2.24, 2.45) is 5.10 Å². The zero-order valence-electron chi connectivity index (χ0n) is 17.9. The molecule has 0 spiro atoms. The molecule has 3 aromatic rings. The molecule has 0 saturated carbocycles. The van der Waals surface area contributed by atoms with Gasteiger partial charge in [0.15, 0.2) is 0 Å². The first-order chi connectivity index (χ1) is 15.3. The van der Waals surface area contributed by atoms with Crippen LogP contribution in [0.25, 0.3) is 0 Å². The van der Waals surface area contributed by atoms with Crippen molar-refractivity contribution >= 4 is 27.8 Å². The number of anilines is 1. The molecule has 1 N–H and O–H groups in total. The Kier molecular flexibility index (Phi) is 7.62. The smallest absolute Gasteiger partial charge is 0.263 e. The molecular weight excluding hydrogens is 426 g/mol. The van der Waals surface area contributed by atoms with Gasteiger partial charge >= 0.3 is 0 Å². The number of hydrazone groups is 1. The molecule has 0 fully saturated rings. The lowest BCUT2D eigenvalue weighted by atomic mass is 10.2. The second-order valence-corrected chi connectivity index (χ2v) is 9.01. The van der Waals surface area contributed by atoms with E-state index in [1.165, 1.54) is 13.1 Å². The highest BCUT2D eigenvalue weighted by Crippen LogP contribution is 2.20. The monoisotopic (exact) mass is 451 g/mol. The summed E-state index contributed by atoms with van der Waals surface area (Å²) in [5.41, 5.74) is 4.65. The molecule has 1 atom stereocenters. The summed E-state index contributed by atoms with van der Waals surface area (Å²) in [6.45, 7) is 1.98. The van der Waals surface area contributed by atoms with Gasteiger partial charge in [-0.2, -0.15) is 5.10 Å². The zero-order valence-corrected chi connectivity index (χ0v) is 18.7. The van der Waals surface area contributed by atoms with E-state index in [1.54, 1.807) is 30.3 Å². The molecule has 0 aromatic heterocycles. The third kappa shape index (κ3) is 6.42. The van der Waals surface area contributed by atoms with Crippen molar-refractivity contribution in [1.29, 1.82) is 0 Å². The van der Waals surface area contributed by atoms with E-state index in [2.05, 4.69) is 10.5 Å². The average molecular weight is 452 g/mol. The van der Waals surface area contributed by atoms with Gasteiger partial charge in [0.05, 0.1) is 18.2 Å². The highest BCUT2D eigenvalue weighted by Gasteiger charge is 2.28. The molecule has 32 heavy (non-hydrogen) atoms. The summed E-state index contributed by atoms with van der Waals surface area (Å²) < 4.78 is 31.3. The first-order valence-corrected chi connectivity index (χ1v) is 11.8. The minimum absolute atomic E-state index is 0.410. The second kappa shape index (κ2) is 10.6. The lowest BCUT2D eigenvalue weighted by Crippen LogP contribution is -2.46. The normalized spacial score (nSPS) is 12.3. The van der Waals surface area contributed by atoms with E-state index in [0.29, 0.717) is 12.3 Å². The number of hydrogen-bond donors (Lipinski definition) is 1. The van der Waals surface area contributed by atoms with Crippen molar-refractivity contribution in [3.63, 3.8) is 0 Å². The number of nitrogens with one attached hydrogen (secondary N) is 1. The van der Waals surface area contributed by atoms with Crippen LogP contribution in [0.3, 0.4) is 0 Å². The van der Waals surface area contributed by atoms with Gasteiger partial charge in [-0.1, -0.05) is 48.5 Å². The van der Waals surface area contributed by atoms with E-state index >= 15 is 0 Å². The summed E-state index contributed by atoms with van der Waals surface area (Å²) in [6.07, 6.45) is 2.55. The fraction of sp³-hybridized carbons (Fsp3) is 0.167. The van der Waals surface area contributed by atoms with E-state index in [0.717, 1.165) is 27.4 Å². The second-order valence-electron chi connectivity index (χ2n) is 7.15. The number of hydrogen-bond acceptors (Lipinski definition) is 5. The quantitative estimate of drug-likeness (QED) is 0.398. The van der Waals surface area contributed by atoms with Crippen molar-refractivity contribution in [3.05, 3.63) is 96.1 Å². The summed E-state index contributed by atoms with van der Waals surface area (Å²) in [7, 11) is -3.66. The summed E-state index contributed by atoms with van der Waals surface area (Å²) in [5.74, 6) is 0.175. The Labute approximate surface area is 188 Å². The van der Waals surface area contributed by atoms with Crippen LogP contribution in [0.15, 0.2) is 90.0 Å². The Morgan fingerprint density at radius 2 is 1.59 bits per heavy atom. The molecule has 0 heterocycles. The number of carbonyl (C=O) groups excluding carboxylic acids is 1. The molecule has 166 valence electrons. The summed E-state index contributed by atoms with van der Waals surface area (Å²) in [6, 6.07) is 24.6. The molecule has 3 rings (SSSR count). The van der Waals surface area contributed by atoms with Crippen LogP contribution in [0.2, 0.25) is 0 Å². The molecule has 7 nitrogen and oxygen atoms in total. The van der Waals surface area contributed by atoms with Crippen LogP contribution in [0.5, 0.6) is 5.75 Å². The molecular formula is C24H25N3O4S. The fourth-order valence-electron chi connectivity index (χ4n) is 3.04. The minimum Gasteiger partial charge on any atom is -0.489 e. The summed E-state index contributed by atoms with van der Waals surface area (Å²) in [4.78, 5) is 12.5. The molecule has 0 radical (unpaired) electrons. The first kappa shape index (κ1) is 23.0. The number of amides is 1. The highest BCUT2D eigenvalue weighted by molar-refractivity contribution is 7.92. The fourth-order valence-corrected chi connectivity index (χ4v) is 4.21. The molecule has 0 saturated heterocycles. The Morgan fingerprint density at radius 1 is 1.00 bits per heavy atom. The van der Waals surface area contributed by atoms with Gasteiger partial charge in [-0.25, -0.2) is 13.8 Å². The van der Waals surface area contributed by atoms with E-state index in [9.17, 15) is 13.2 Å². The largest absolute Gasteiger partial charge is 0.489 e. The molecule has 0 aliphatic heterocycles. The molecule has 1 amide bonds. The Morgan fingerprint density at radius 3 is 2.19 bits per heavy atom. The molecule has 0 aliphatic rings. The van der Waals surface area contributed by atoms with Crippen LogP contribution in [0, 0.1) is 0 Å². The SMILES string of the molecule is C[C@@H](C(=O)N/N=C\c1ccc(OCc2ccccc2)cc1)N(c1ccccc1)S(C)(=O)=O. The standard InChI is InChI=1S/C24H25N3O4S/c1-19(27(32(2,29)30)22-11-7-4-8-12-22)24(28)26-25-17-20-13-15-23(16-14-20)31-18-21-9-5-3-6-10-21/h3-17,19H,18H2,1-2H3,(H,26,28)/b25-17-/t19-/m0/s1. The first-order valence-electron chi connectivity index (χ1n) is 9.99. The van der Waals surface area contributed by atoms with Crippen LogP contribution in [-0.4, -0.2) is 32.8 Å². The number of nitrogens with zero attached hydrogens (tertiary/aromatic N) is 2. The van der Waals surface area contributed by atoms with Gasteiger partial charge in [-0.05, 0) is 54.4 Å². The molecule has 0 aliphatic carbocycles. The van der Waals surface area contributed by atoms with Crippen molar-refractivity contribution < 1.29 is 17.9 Å². The molecule has 0 unspecified atom stereocenters. The predicted octanol–water partition coefficient (Wildman–Crippen LogP) is 3.57. The average Bonchev–Trinajstić information content (AvgIpc) is 2.79. The third-order valence-electron chi connectivity index (χ3n) is 4.62. The van der Waals surface area contributed by atoms with Crippen molar-refractivity contribution in [3.8, 4) is 5.75 Å². The van der Waals surface area contributed by atoms with Gasteiger partial charge in [0.2, 0.25) is 10.0 Å². The van der Waals surface area contributed by atoms with Crippen molar-refractivity contribution in [2.75, 3.05) is 10.6 Å². The number of para-hydroxylation sites is 1. The van der Waals surface area contributed by atoms with Gasteiger partial charge in [0, 0.05) is 0 Å². The lowest BCUT2D eigenvalue weighted by Gasteiger charge is -2.27. The van der Waals surface area contributed by atoms with Crippen molar-refractivity contribution in [1.82, 2.24) is 5.43 Å². The van der Waals surface area contributed by atoms with E-state index < -0.39 is 22.0 Å². The topological polar surface area (TPSA) is 88.1 Å². The maximum Gasteiger partial charge on any atom is 0.263 e. The maximum atomic E-state index is 12.5. The van der Waals surface area contributed by atoms with Gasteiger partial charge in [-0.3, -0.25) is 9.10 Å². The highest BCUT2D eigenvalue weighted by atomic mass is 32.2. The minimum atomic E-state index is -3.66. The Balaban J connectivity index is 1.58. The number of ether oxygens (including phenoxy) is 1. The third-order valence-corrected chi connectivity index (χ3v) is 5.86. The van der Waals surface area contributed by atoms with Gasteiger partial charge in [0.25, 0.3) is 5.91 Å². The lowest BCUT2D eigenvalue weighted by molar-refractivity contribution is -0.121. The van der Waals surface area contributed by atoms with E-state index in [4.69, 9.17) is 4.74 Å². The number of rotatable bonds is 9. The molecule has 0 bridgehead atoms. The molecule has 8 heteroatoms. The van der Waals surface area contributed by atoms with Crippen LogP contribution >= 0.6 is 0 Å². The number of sulfonamides is 1. The van der Waals surface area contributed by atoms with Crippen LogP contribution in [0.4, 0.5) is 5.69 Å². The van der Waals surface area contributed by atoms with Crippen LogP contribution < -0.4 is 14.5 Å². The van der Waals surface area contributed by atoms with Crippen molar-refractivity contribution in [2.45, 2.75) is 19.6 Å². The van der Waals surface area contributed by atoms with Crippen LogP contribution in [0.1, 0.15) is 18.1 Å². The zero-order chi connectivity index (χ0) is 23.0. The number of benzene rings is 3. The van der Waals surface area contributed by atoms with Gasteiger partial charge < -0.3 is 4.74 Å². The maximum absolute atomic E-state index is 12.5. The summed E-state index contributed by atoms with van der Waals surface area (Å²) in [5, 5.41) is 3.96. The van der Waals surface area contributed by atoms with Gasteiger partial charge in [-0.15, -0.1) is 0 Å². The van der Waals surface area contributed by atoms with Crippen LogP contribution in [-0.2, 0) is 21.4 Å². The summed E-state index contributed by atoms with van der Waals surface area (Å²) >= 11 is 0.